The van der Waals surface area contributed by atoms with Crippen LogP contribution in [0.15, 0.2) is 30.7 Å². The molecule has 1 saturated heterocycles. The van der Waals surface area contributed by atoms with Crippen molar-refractivity contribution in [2.45, 2.75) is 57.6 Å². The highest BCUT2D eigenvalue weighted by Crippen LogP contribution is 2.43. The monoisotopic (exact) mass is 539 g/mol. The Balaban J connectivity index is 1.51. The zero-order valence-corrected chi connectivity index (χ0v) is 22.5. The number of carbonyl (C=O) groups excluding carboxylic acids is 3. The third-order valence-corrected chi connectivity index (χ3v) is 8.43. The Kier molecular flexibility index (Phi) is 8.12. The highest BCUT2D eigenvalue weighted by atomic mass is 35.5. The van der Waals surface area contributed by atoms with Crippen LogP contribution in [-0.2, 0) is 27.4 Å². The van der Waals surface area contributed by atoms with Gasteiger partial charge in [-0.25, -0.2) is 0 Å². The van der Waals surface area contributed by atoms with E-state index < -0.39 is 6.04 Å². The number of hydrogen-bond donors (Lipinski definition) is 1. The van der Waals surface area contributed by atoms with Gasteiger partial charge in [-0.05, 0) is 43.4 Å². The van der Waals surface area contributed by atoms with Gasteiger partial charge in [-0.15, -0.1) is 0 Å². The predicted octanol–water partition coefficient (Wildman–Crippen LogP) is 3.31. The Morgan fingerprint density at radius 1 is 1.11 bits per heavy atom. The molecule has 1 aromatic carbocycles. The van der Waals surface area contributed by atoms with E-state index in [0.29, 0.717) is 61.8 Å². The highest BCUT2D eigenvalue weighted by Gasteiger charge is 2.43. The molecular weight excluding hydrogens is 506 g/mol. The van der Waals surface area contributed by atoms with Gasteiger partial charge in [0.1, 0.15) is 12.4 Å². The number of benzene rings is 1. The van der Waals surface area contributed by atoms with E-state index in [4.69, 9.17) is 16.3 Å². The van der Waals surface area contributed by atoms with Gasteiger partial charge < -0.3 is 19.9 Å². The maximum atomic E-state index is 14.2. The zero-order chi connectivity index (χ0) is 26.6. The van der Waals surface area contributed by atoms with Crippen molar-refractivity contribution >= 4 is 29.3 Å². The first-order valence-corrected chi connectivity index (χ1v) is 13.8. The second kappa shape index (κ2) is 11.7. The third-order valence-electron chi connectivity index (χ3n) is 8.08. The van der Waals surface area contributed by atoms with Crippen LogP contribution in [0.4, 0.5) is 0 Å². The number of halogens is 1. The summed E-state index contributed by atoms with van der Waals surface area (Å²) in [6.45, 7) is 1.72. The molecule has 3 amide bonds. The van der Waals surface area contributed by atoms with Gasteiger partial charge in [0.25, 0.3) is 0 Å². The highest BCUT2D eigenvalue weighted by molar-refractivity contribution is 6.31. The molecule has 2 aromatic rings. The average Bonchev–Trinajstić information content (AvgIpc) is 3.36. The molecule has 1 N–H and O–H groups in total. The number of ether oxygens (including phenoxy) is 1. The fourth-order valence-corrected chi connectivity index (χ4v) is 6.42. The van der Waals surface area contributed by atoms with Gasteiger partial charge in [0, 0.05) is 67.9 Å². The fraction of sp³-hybridized carbons (Fsp3) is 0.536. The molecule has 3 heterocycles. The summed E-state index contributed by atoms with van der Waals surface area (Å²) in [5, 5.41) is 3.37. The average molecular weight is 540 g/mol. The molecule has 10 heteroatoms. The lowest BCUT2D eigenvalue weighted by Gasteiger charge is -2.43. The Labute approximate surface area is 227 Å². The van der Waals surface area contributed by atoms with Crippen LogP contribution in [0.3, 0.4) is 0 Å². The van der Waals surface area contributed by atoms with Crippen LogP contribution in [0, 0.1) is 11.8 Å². The molecule has 1 aromatic heterocycles. The second-order valence-electron chi connectivity index (χ2n) is 10.3. The van der Waals surface area contributed by atoms with Crippen molar-refractivity contribution in [2.24, 2.45) is 11.8 Å². The summed E-state index contributed by atoms with van der Waals surface area (Å²) in [5.74, 6) is -0.123. The first-order valence-electron chi connectivity index (χ1n) is 13.5. The largest absolute Gasteiger partial charge is 0.487 e. The van der Waals surface area contributed by atoms with Crippen molar-refractivity contribution in [2.75, 3.05) is 26.7 Å². The SMILES string of the molecule is CNC(=O)[C@H]1CCCC[C@H]1C(=O)N1CCc2c(Cl)ccc(OCc3cnccn3)c2[C@H]1CN1CCCC1=O. The summed E-state index contributed by atoms with van der Waals surface area (Å²) in [6.07, 6.45) is 10.0. The molecule has 0 spiro atoms. The lowest BCUT2D eigenvalue weighted by molar-refractivity contribution is -0.147. The Morgan fingerprint density at radius 3 is 2.63 bits per heavy atom. The maximum Gasteiger partial charge on any atom is 0.227 e. The van der Waals surface area contributed by atoms with Crippen LogP contribution in [-0.4, -0.2) is 64.2 Å². The van der Waals surface area contributed by atoms with E-state index in [1.165, 1.54) is 0 Å². The lowest BCUT2D eigenvalue weighted by atomic mass is 9.77. The van der Waals surface area contributed by atoms with Crippen molar-refractivity contribution in [1.82, 2.24) is 25.1 Å². The quantitative estimate of drug-likeness (QED) is 0.579. The topological polar surface area (TPSA) is 105 Å². The number of carbonyl (C=O) groups is 3. The van der Waals surface area contributed by atoms with Gasteiger partial charge in [0.15, 0.2) is 0 Å². The standard InChI is InChI=1S/C28H34ClN5O4/c1-30-27(36)19-5-2-3-6-20(19)28(37)34-14-10-21-22(29)8-9-24(38-17-18-15-31-11-12-32-18)26(21)23(34)16-33-13-4-7-25(33)35/h8-9,11-12,15,19-20,23H,2-7,10,13-14,16-17H2,1H3,(H,30,36)/t19-,20+,23+/m0/s1. The van der Waals surface area contributed by atoms with Gasteiger partial charge >= 0.3 is 0 Å². The molecule has 1 aliphatic carbocycles. The molecule has 3 aliphatic rings. The lowest BCUT2D eigenvalue weighted by Crippen LogP contribution is -2.50. The molecule has 1 saturated carbocycles. The number of likely N-dealkylation sites (tertiary alicyclic amines) is 1. The molecule has 5 rings (SSSR count). The number of hydrogen-bond acceptors (Lipinski definition) is 6. The second-order valence-corrected chi connectivity index (χ2v) is 10.7. The van der Waals surface area contributed by atoms with Crippen LogP contribution in [0.1, 0.15) is 61.4 Å². The molecule has 0 radical (unpaired) electrons. The summed E-state index contributed by atoms with van der Waals surface area (Å²) in [4.78, 5) is 51.7. The summed E-state index contributed by atoms with van der Waals surface area (Å²) < 4.78 is 6.25. The van der Waals surface area contributed by atoms with Crippen molar-refractivity contribution < 1.29 is 19.1 Å². The van der Waals surface area contributed by atoms with E-state index in [1.807, 2.05) is 21.9 Å². The number of nitrogens with one attached hydrogen (secondary N) is 1. The van der Waals surface area contributed by atoms with Crippen LogP contribution in [0.25, 0.3) is 0 Å². The Bertz CT molecular complexity index is 1190. The van der Waals surface area contributed by atoms with E-state index in [0.717, 1.165) is 30.4 Å². The smallest absolute Gasteiger partial charge is 0.227 e. The van der Waals surface area contributed by atoms with E-state index in [9.17, 15) is 14.4 Å². The minimum absolute atomic E-state index is 0.0274. The molecule has 2 fully saturated rings. The summed E-state index contributed by atoms with van der Waals surface area (Å²) in [6, 6.07) is 3.24. The number of fused-ring (bicyclic) bond motifs is 1. The van der Waals surface area contributed by atoms with Crippen molar-refractivity contribution in [3.05, 3.63) is 52.6 Å². The molecule has 9 nitrogen and oxygen atoms in total. The van der Waals surface area contributed by atoms with Crippen LogP contribution in [0.5, 0.6) is 5.75 Å². The van der Waals surface area contributed by atoms with Crippen LogP contribution in [0.2, 0.25) is 5.02 Å². The van der Waals surface area contributed by atoms with E-state index in [1.54, 1.807) is 25.6 Å². The molecule has 0 bridgehead atoms. The first-order chi connectivity index (χ1) is 18.5. The molecule has 2 aliphatic heterocycles. The third kappa shape index (κ3) is 5.34. The Hall–Kier alpha value is -3.20. The van der Waals surface area contributed by atoms with Gasteiger partial charge in [-0.3, -0.25) is 24.4 Å². The maximum absolute atomic E-state index is 14.2. The van der Waals surface area contributed by atoms with E-state index in [2.05, 4.69) is 15.3 Å². The Morgan fingerprint density at radius 2 is 1.92 bits per heavy atom. The van der Waals surface area contributed by atoms with Crippen molar-refractivity contribution in [3.63, 3.8) is 0 Å². The minimum Gasteiger partial charge on any atom is -0.487 e. The predicted molar refractivity (Wildman–Crippen MR) is 141 cm³/mol. The number of nitrogens with zero attached hydrogens (tertiary/aromatic N) is 4. The van der Waals surface area contributed by atoms with E-state index >= 15 is 0 Å². The molecule has 202 valence electrons. The van der Waals surface area contributed by atoms with Gasteiger partial charge in [0.05, 0.1) is 17.9 Å². The van der Waals surface area contributed by atoms with Crippen molar-refractivity contribution in [1.29, 1.82) is 0 Å². The number of amides is 3. The summed E-state index contributed by atoms with van der Waals surface area (Å²) in [7, 11) is 1.63. The molecule has 0 unspecified atom stereocenters. The molecule has 38 heavy (non-hydrogen) atoms. The summed E-state index contributed by atoms with van der Waals surface area (Å²) in [5.41, 5.74) is 2.46. The first kappa shape index (κ1) is 26.4. The number of rotatable bonds is 7. The van der Waals surface area contributed by atoms with Gasteiger partial charge in [-0.1, -0.05) is 24.4 Å². The van der Waals surface area contributed by atoms with Crippen LogP contribution >= 0.6 is 11.6 Å². The van der Waals surface area contributed by atoms with Crippen LogP contribution < -0.4 is 10.1 Å². The molecule has 3 atom stereocenters. The van der Waals surface area contributed by atoms with E-state index in [-0.39, 0.29) is 36.2 Å². The normalized spacial score (nSPS) is 23.2. The fourth-order valence-electron chi connectivity index (χ4n) is 6.16. The van der Waals surface area contributed by atoms with Gasteiger partial charge in [-0.2, -0.15) is 0 Å². The minimum atomic E-state index is -0.420. The summed E-state index contributed by atoms with van der Waals surface area (Å²) >= 11 is 6.69. The number of aromatic nitrogens is 2. The van der Waals surface area contributed by atoms with Crippen molar-refractivity contribution in [3.8, 4) is 5.75 Å². The zero-order valence-electron chi connectivity index (χ0n) is 21.7. The molecular formula is C28H34ClN5O4. The van der Waals surface area contributed by atoms with Gasteiger partial charge in [0.2, 0.25) is 17.7 Å².